The molecule has 1 aliphatic carbocycles. The van der Waals surface area contributed by atoms with Crippen LogP contribution in [-0.2, 0) is 0 Å². The van der Waals surface area contributed by atoms with Gasteiger partial charge in [0.05, 0.1) is 0 Å². The van der Waals surface area contributed by atoms with E-state index in [1.807, 2.05) is 0 Å². The molecule has 2 aliphatic rings. The Morgan fingerprint density at radius 1 is 0.786 bits per heavy atom. The standard InChI is InChI=1S/C13H23N/c1-2-4-6-12(7-5-3-1)13-8-10-14-11-9-13/h10,12-13H,1-9,11H2. The summed E-state index contributed by atoms with van der Waals surface area (Å²) in [4.78, 5) is 4.34. The van der Waals surface area contributed by atoms with E-state index in [9.17, 15) is 0 Å². The van der Waals surface area contributed by atoms with Crippen molar-refractivity contribution in [3.05, 3.63) is 0 Å². The van der Waals surface area contributed by atoms with Gasteiger partial charge in [0.2, 0.25) is 0 Å². The van der Waals surface area contributed by atoms with Crippen LogP contribution in [0, 0.1) is 11.8 Å². The van der Waals surface area contributed by atoms with Gasteiger partial charge in [0.15, 0.2) is 0 Å². The van der Waals surface area contributed by atoms with Crippen LogP contribution in [0.25, 0.3) is 0 Å². The second kappa shape index (κ2) is 5.53. The molecule has 1 unspecified atom stereocenters. The minimum atomic E-state index is 0.977. The maximum absolute atomic E-state index is 4.34. The summed E-state index contributed by atoms with van der Waals surface area (Å²) in [6.07, 6.45) is 15.2. The van der Waals surface area contributed by atoms with Crippen LogP contribution in [0.15, 0.2) is 4.99 Å². The fourth-order valence-electron chi connectivity index (χ4n) is 3.05. The van der Waals surface area contributed by atoms with Gasteiger partial charge in [-0.3, -0.25) is 4.99 Å². The van der Waals surface area contributed by atoms with Crippen molar-refractivity contribution in [2.75, 3.05) is 6.54 Å². The van der Waals surface area contributed by atoms with Crippen molar-refractivity contribution in [1.29, 1.82) is 0 Å². The van der Waals surface area contributed by atoms with Gasteiger partial charge in [-0.2, -0.15) is 0 Å². The third-order valence-electron chi connectivity index (χ3n) is 3.98. The van der Waals surface area contributed by atoms with E-state index in [1.54, 1.807) is 0 Å². The lowest BCUT2D eigenvalue weighted by atomic mass is 9.78. The molecule has 1 heteroatoms. The van der Waals surface area contributed by atoms with Crippen LogP contribution in [0.1, 0.15) is 57.8 Å². The summed E-state index contributed by atoms with van der Waals surface area (Å²) in [6.45, 7) is 1.10. The zero-order valence-electron chi connectivity index (χ0n) is 9.25. The maximum Gasteiger partial charge on any atom is 0.0388 e. The topological polar surface area (TPSA) is 12.4 Å². The van der Waals surface area contributed by atoms with E-state index in [2.05, 4.69) is 11.2 Å². The minimum Gasteiger partial charge on any atom is -0.298 e. The highest BCUT2D eigenvalue weighted by Gasteiger charge is 2.22. The molecule has 14 heavy (non-hydrogen) atoms. The first-order valence-corrected chi connectivity index (χ1v) is 6.45. The van der Waals surface area contributed by atoms with E-state index < -0.39 is 0 Å². The summed E-state index contributed by atoms with van der Waals surface area (Å²) in [6, 6.07) is 0. The molecule has 0 aromatic carbocycles. The second-order valence-electron chi connectivity index (χ2n) is 4.98. The molecule has 2 rings (SSSR count). The summed E-state index contributed by atoms with van der Waals surface area (Å²) < 4.78 is 0. The molecule has 80 valence electrons. The predicted octanol–water partition coefficient (Wildman–Crippen LogP) is 3.83. The van der Waals surface area contributed by atoms with E-state index >= 15 is 0 Å². The Morgan fingerprint density at radius 2 is 1.50 bits per heavy atom. The Bertz CT molecular complexity index is 178. The Morgan fingerprint density at radius 3 is 2.14 bits per heavy atom. The summed E-state index contributed by atoms with van der Waals surface area (Å²) in [5.41, 5.74) is 0. The highest BCUT2D eigenvalue weighted by molar-refractivity contribution is 5.58. The van der Waals surface area contributed by atoms with Gasteiger partial charge in [0.25, 0.3) is 0 Å². The van der Waals surface area contributed by atoms with Gasteiger partial charge in [-0.1, -0.05) is 44.9 Å². The number of hydrogen-bond acceptors (Lipinski definition) is 1. The van der Waals surface area contributed by atoms with Crippen molar-refractivity contribution in [1.82, 2.24) is 0 Å². The quantitative estimate of drug-likeness (QED) is 0.600. The highest BCUT2D eigenvalue weighted by atomic mass is 14.7. The Labute approximate surface area is 88.0 Å². The van der Waals surface area contributed by atoms with Crippen molar-refractivity contribution in [2.45, 2.75) is 57.8 Å². The third kappa shape index (κ3) is 2.83. The Kier molecular flexibility index (Phi) is 4.03. The number of nitrogens with zero attached hydrogens (tertiary/aromatic N) is 1. The van der Waals surface area contributed by atoms with Crippen LogP contribution in [0.5, 0.6) is 0 Å². The molecule has 1 aliphatic heterocycles. The highest BCUT2D eigenvalue weighted by Crippen LogP contribution is 2.32. The molecule has 0 aromatic heterocycles. The number of rotatable bonds is 1. The van der Waals surface area contributed by atoms with E-state index in [0.29, 0.717) is 0 Å². The van der Waals surface area contributed by atoms with Crippen LogP contribution in [0.2, 0.25) is 0 Å². The third-order valence-corrected chi connectivity index (χ3v) is 3.98. The molecule has 0 aromatic rings. The Hall–Kier alpha value is -0.330. The zero-order valence-corrected chi connectivity index (χ0v) is 9.25. The van der Waals surface area contributed by atoms with Crippen molar-refractivity contribution in [2.24, 2.45) is 16.8 Å². The SMILES string of the molecule is C1=NCCC(C2CCCCCCC2)C1. The average Bonchev–Trinajstić information content (AvgIpc) is 2.18. The van der Waals surface area contributed by atoms with E-state index in [-0.39, 0.29) is 0 Å². The fourth-order valence-corrected chi connectivity index (χ4v) is 3.05. The number of aliphatic imine (C=N–C) groups is 1. The van der Waals surface area contributed by atoms with Gasteiger partial charge in [-0.15, -0.1) is 0 Å². The molecular formula is C13H23N. The van der Waals surface area contributed by atoms with Crippen LogP contribution >= 0.6 is 0 Å². The Balaban J connectivity index is 1.83. The van der Waals surface area contributed by atoms with Crippen LogP contribution in [0.4, 0.5) is 0 Å². The first kappa shape index (κ1) is 10.2. The molecule has 0 spiro atoms. The van der Waals surface area contributed by atoms with Crippen molar-refractivity contribution in [3.63, 3.8) is 0 Å². The van der Waals surface area contributed by atoms with Gasteiger partial charge in [0, 0.05) is 6.54 Å². The van der Waals surface area contributed by atoms with Crippen LogP contribution in [0.3, 0.4) is 0 Å². The molecule has 0 radical (unpaired) electrons. The van der Waals surface area contributed by atoms with Crippen molar-refractivity contribution >= 4 is 6.21 Å². The van der Waals surface area contributed by atoms with Gasteiger partial charge in [0.1, 0.15) is 0 Å². The summed E-state index contributed by atoms with van der Waals surface area (Å²) in [7, 11) is 0. The number of hydrogen-bond donors (Lipinski definition) is 0. The molecular weight excluding hydrogens is 170 g/mol. The molecule has 1 atom stereocenters. The molecule has 1 heterocycles. The molecule has 1 saturated carbocycles. The molecule has 1 fully saturated rings. The molecule has 0 bridgehead atoms. The molecule has 0 N–H and O–H groups in total. The summed E-state index contributed by atoms with van der Waals surface area (Å²) in [5.74, 6) is 2.01. The lowest BCUT2D eigenvalue weighted by Gasteiger charge is -2.29. The van der Waals surface area contributed by atoms with Gasteiger partial charge >= 0.3 is 0 Å². The largest absolute Gasteiger partial charge is 0.298 e. The van der Waals surface area contributed by atoms with Crippen LogP contribution in [-0.4, -0.2) is 12.8 Å². The lowest BCUT2D eigenvalue weighted by molar-refractivity contribution is 0.257. The summed E-state index contributed by atoms with van der Waals surface area (Å²) >= 11 is 0. The second-order valence-corrected chi connectivity index (χ2v) is 4.98. The molecule has 0 saturated heterocycles. The van der Waals surface area contributed by atoms with Gasteiger partial charge in [-0.25, -0.2) is 0 Å². The van der Waals surface area contributed by atoms with E-state index in [4.69, 9.17) is 0 Å². The fraction of sp³-hybridized carbons (Fsp3) is 0.923. The normalized spacial score (nSPS) is 31.0. The van der Waals surface area contributed by atoms with Crippen molar-refractivity contribution < 1.29 is 0 Å². The summed E-state index contributed by atoms with van der Waals surface area (Å²) in [5, 5.41) is 0. The zero-order chi connectivity index (χ0) is 9.64. The lowest BCUT2D eigenvalue weighted by Crippen LogP contribution is -2.20. The van der Waals surface area contributed by atoms with E-state index in [1.165, 1.54) is 57.8 Å². The maximum atomic E-state index is 4.34. The average molecular weight is 193 g/mol. The first-order valence-electron chi connectivity index (χ1n) is 6.45. The smallest absolute Gasteiger partial charge is 0.0388 e. The van der Waals surface area contributed by atoms with Crippen LogP contribution < -0.4 is 0 Å². The molecule has 0 amide bonds. The predicted molar refractivity (Wildman–Crippen MR) is 61.9 cm³/mol. The minimum absolute atomic E-state index is 0.977. The van der Waals surface area contributed by atoms with Crippen molar-refractivity contribution in [3.8, 4) is 0 Å². The van der Waals surface area contributed by atoms with Gasteiger partial charge < -0.3 is 0 Å². The van der Waals surface area contributed by atoms with E-state index in [0.717, 1.165) is 18.4 Å². The first-order chi connectivity index (χ1) is 6.97. The monoisotopic (exact) mass is 193 g/mol. The molecule has 1 nitrogen and oxygen atoms in total. The van der Waals surface area contributed by atoms with Gasteiger partial charge in [-0.05, 0) is 30.9 Å².